The third kappa shape index (κ3) is 3.46. The highest BCUT2D eigenvalue weighted by Crippen LogP contribution is 2.27. The van der Waals surface area contributed by atoms with E-state index < -0.39 is 0 Å². The SMILES string of the molecule is Cc1ccc(C(C)NC(=O)c2sc(-c3ncccn3)nc2C)s1. The highest BCUT2D eigenvalue weighted by molar-refractivity contribution is 7.17. The van der Waals surface area contributed by atoms with Gasteiger partial charge in [-0.25, -0.2) is 15.0 Å². The van der Waals surface area contributed by atoms with Crippen molar-refractivity contribution in [1.29, 1.82) is 0 Å². The molecule has 0 radical (unpaired) electrons. The normalized spacial score (nSPS) is 12.1. The molecule has 0 spiro atoms. The molecular formula is C16H16N4OS2. The van der Waals surface area contributed by atoms with Gasteiger partial charge in [0.25, 0.3) is 5.91 Å². The van der Waals surface area contributed by atoms with Gasteiger partial charge in [0.05, 0.1) is 11.7 Å². The summed E-state index contributed by atoms with van der Waals surface area (Å²) in [7, 11) is 0. The number of aromatic nitrogens is 3. The molecule has 0 saturated heterocycles. The van der Waals surface area contributed by atoms with Gasteiger partial charge in [0.1, 0.15) is 4.88 Å². The predicted molar refractivity (Wildman–Crippen MR) is 92.8 cm³/mol. The van der Waals surface area contributed by atoms with E-state index >= 15 is 0 Å². The molecule has 5 nitrogen and oxygen atoms in total. The van der Waals surface area contributed by atoms with E-state index in [-0.39, 0.29) is 11.9 Å². The van der Waals surface area contributed by atoms with Crippen LogP contribution in [0, 0.1) is 13.8 Å². The van der Waals surface area contributed by atoms with Crippen molar-refractivity contribution in [2.24, 2.45) is 0 Å². The predicted octanol–water partition coefficient (Wildman–Crippen LogP) is 3.77. The van der Waals surface area contributed by atoms with E-state index in [1.165, 1.54) is 16.2 Å². The highest BCUT2D eigenvalue weighted by atomic mass is 32.1. The lowest BCUT2D eigenvalue weighted by molar-refractivity contribution is 0.0944. The summed E-state index contributed by atoms with van der Waals surface area (Å²) in [5, 5.41) is 3.69. The minimum absolute atomic E-state index is 0.0286. The van der Waals surface area contributed by atoms with Crippen LogP contribution >= 0.6 is 22.7 Å². The number of carbonyl (C=O) groups is 1. The van der Waals surface area contributed by atoms with Gasteiger partial charge in [0.15, 0.2) is 10.8 Å². The minimum atomic E-state index is -0.110. The number of nitrogens with zero attached hydrogens (tertiary/aromatic N) is 3. The molecule has 0 saturated carbocycles. The molecule has 3 aromatic rings. The van der Waals surface area contributed by atoms with Crippen molar-refractivity contribution < 1.29 is 4.79 Å². The fraction of sp³-hybridized carbons (Fsp3) is 0.250. The standard InChI is InChI=1S/C16H16N4OS2/c1-9-5-6-12(22-9)10(2)19-15(21)13-11(3)20-16(23-13)14-17-7-4-8-18-14/h4-8,10H,1-3H3,(H,19,21). The van der Waals surface area contributed by atoms with E-state index in [0.29, 0.717) is 21.4 Å². The summed E-state index contributed by atoms with van der Waals surface area (Å²) in [6, 6.07) is 5.83. The van der Waals surface area contributed by atoms with Crippen molar-refractivity contribution in [2.45, 2.75) is 26.8 Å². The molecule has 1 atom stereocenters. The number of hydrogen-bond donors (Lipinski definition) is 1. The fourth-order valence-corrected chi connectivity index (χ4v) is 3.93. The molecule has 0 aliphatic carbocycles. The first kappa shape index (κ1) is 15.8. The highest BCUT2D eigenvalue weighted by Gasteiger charge is 2.19. The molecule has 23 heavy (non-hydrogen) atoms. The molecule has 0 aliphatic heterocycles. The molecule has 3 rings (SSSR count). The van der Waals surface area contributed by atoms with Gasteiger partial charge >= 0.3 is 0 Å². The van der Waals surface area contributed by atoms with Crippen LogP contribution in [0.3, 0.4) is 0 Å². The maximum absolute atomic E-state index is 12.5. The number of amides is 1. The largest absolute Gasteiger partial charge is 0.344 e. The van der Waals surface area contributed by atoms with Gasteiger partial charge in [-0.3, -0.25) is 4.79 Å². The molecule has 1 N–H and O–H groups in total. The fourth-order valence-electron chi connectivity index (χ4n) is 2.13. The van der Waals surface area contributed by atoms with E-state index in [0.717, 1.165) is 4.88 Å². The molecule has 7 heteroatoms. The molecule has 1 amide bonds. The maximum Gasteiger partial charge on any atom is 0.263 e. The van der Waals surface area contributed by atoms with Gasteiger partial charge in [0.2, 0.25) is 0 Å². The summed E-state index contributed by atoms with van der Waals surface area (Å²) >= 11 is 3.01. The van der Waals surface area contributed by atoms with Gasteiger partial charge in [-0.05, 0) is 39.0 Å². The van der Waals surface area contributed by atoms with Crippen molar-refractivity contribution in [3.63, 3.8) is 0 Å². The quantitative estimate of drug-likeness (QED) is 0.782. The van der Waals surface area contributed by atoms with Crippen LogP contribution in [0.5, 0.6) is 0 Å². The minimum Gasteiger partial charge on any atom is -0.344 e. The number of thiazole rings is 1. The number of aryl methyl sites for hydroxylation is 2. The summed E-state index contributed by atoms with van der Waals surface area (Å²) in [5.41, 5.74) is 0.699. The molecule has 1 unspecified atom stereocenters. The molecule has 0 aliphatic rings. The lowest BCUT2D eigenvalue weighted by Crippen LogP contribution is -2.25. The average molecular weight is 344 g/mol. The van der Waals surface area contributed by atoms with Crippen LogP contribution in [-0.2, 0) is 0 Å². The lowest BCUT2D eigenvalue weighted by atomic mass is 10.2. The Bertz CT molecular complexity index is 826. The summed E-state index contributed by atoms with van der Waals surface area (Å²) in [6.07, 6.45) is 3.33. The van der Waals surface area contributed by atoms with Gasteiger partial charge < -0.3 is 5.32 Å². The third-order valence-corrected chi connectivity index (χ3v) is 5.63. The van der Waals surface area contributed by atoms with Crippen LogP contribution in [0.4, 0.5) is 0 Å². The maximum atomic E-state index is 12.5. The molecule has 0 fully saturated rings. The Morgan fingerprint density at radius 1 is 1.17 bits per heavy atom. The van der Waals surface area contributed by atoms with Crippen molar-refractivity contribution >= 4 is 28.6 Å². The molecule has 3 heterocycles. The van der Waals surface area contributed by atoms with E-state index in [9.17, 15) is 4.79 Å². The summed E-state index contributed by atoms with van der Waals surface area (Å²) in [4.78, 5) is 28.3. The molecule has 0 aromatic carbocycles. The number of hydrogen-bond acceptors (Lipinski definition) is 6. The summed E-state index contributed by atoms with van der Waals surface area (Å²) < 4.78 is 0. The van der Waals surface area contributed by atoms with Crippen LogP contribution in [-0.4, -0.2) is 20.9 Å². The zero-order valence-electron chi connectivity index (χ0n) is 13.0. The smallest absolute Gasteiger partial charge is 0.263 e. The first-order valence-electron chi connectivity index (χ1n) is 7.16. The Kier molecular flexibility index (Phi) is 4.49. The Hall–Kier alpha value is -2.12. The first-order chi connectivity index (χ1) is 11.0. The van der Waals surface area contributed by atoms with Gasteiger partial charge in [0, 0.05) is 22.1 Å². The second-order valence-electron chi connectivity index (χ2n) is 5.15. The lowest BCUT2D eigenvalue weighted by Gasteiger charge is -2.11. The van der Waals surface area contributed by atoms with Crippen molar-refractivity contribution in [1.82, 2.24) is 20.3 Å². The number of carbonyl (C=O) groups excluding carboxylic acids is 1. The zero-order chi connectivity index (χ0) is 16.4. The van der Waals surface area contributed by atoms with Gasteiger partial charge in [-0.2, -0.15) is 0 Å². The van der Waals surface area contributed by atoms with Crippen LogP contribution in [0.25, 0.3) is 10.8 Å². The van der Waals surface area contributed by atoms with Gasteiger partial charge in [-0.15, -0.1) is 22.7 Å². The van der Waals surface area contributed by atoms with Gasteiger partial charge in [-0.1, -0.05) is 0 Å². The van der Waals surface area contributed by atoms with E-state index in [1.54, 1.807) is 29.8 Å². The van der Waals surface area contributed by atoms with Crippen LogP contribution in [0.2, 0.25) is 0 Å². The van der Waals surface area contributed by atoms with Crippen molar-refractivity contribution in [3.05, 3.63) is 50.9 Å². The van der Waals surface area contributed by atoms with E-state index in [4.69, 9.17) is 0 Å². The monoisotopic (exact) mass is 344 g/mol. The van der Waals surface area contributed by atoms with E-state index in [2.05, 4.69) is 33.3 Å². The molecular weight excluding hydrogens is 328 g/mol. The Balaban J connectivity index is 1.79. The Labute approximate surface area is 142 Å². The zero-order valence-corrected chi connectivity index (χ0v) is 14.7. The Morgan fingerprint density at radius 2 is 1.91 bits per heavy atom. The second kappa shape index (κ2) is 6.55. The summed E-state index contributed by atoms with van der Waals surface area (Å²) in [6.45, 7) is 5.88. The van der Waals surface area contributed by atoms with Crippen LogP contribution < -0.4 is 5.32 Å². The third-order valence-electron chi connectivity index (χ3n) is 3.30. The van der Waals surface area contributed by atoms with E-state index in [1.807, 2.05) is 19.9 Å². The number of thiophene rings is 1. The second-order valence-corrected chi connectivity index (χ2v) is 7.47. The van der Waals surface area contributed by atoms with Crippen LogP contribution in [0.15, 0.2) is 30.6 Å². The average Bonchev–Trinajstić information content (AvgIpc) is 3.14. The summed E-state index contributed by atoms with van der Waals surface area (Å²) in [5.74, 6) is 0.433. The molecule has 118 valence electrons. The van der Waals surface area contributed by atoms with Crippen molar-refractivity contribution in [3.8, 4) is 10.8 Å². The number of nitrogens with one attached hydrogen (secondary N) is 1. The Morgan fingerprint density at radius 3 is 2.57 bits per heavy atom. The molecule has 0 bridgehead atoms. The first-order valence-corrected chi connectivity index (χ1v) is 8.80. The molecule has 3 aromatic heterocycles. The van der Waals surface area contributed by atoms with Crippen LogP contribution in [0.1, 0.15) is 38.1 Å². The topological polar surface area (TPSA) is 67.8 Å². The van der Waals surface area contributed by atoms with Crippen molar-refractivity contribution in [2.75, 3.05) is 0 Å². The number of rotatable bonds is 4.